The van der Waals surface area contributed by atoms with Crippen LogP contribution in [0, 0.1) is 13.8 Å². The highest BCUT2D eigenvalue weighted by Gasteiger charge is 2.31. The topological polar surface area (TPSA) is 74.3 Å². The molecule has 11 heteroatoms. The van der Waals surface area contributed by atoms with Crippen LogP contribution in [0.1, 0.15) is 31.8 Å². The van der Waals surface area contributed by atoms with Crippen LogP contribution in [0.15, 0.2) is 66.7 Å². The number of nitrogens with zero attached hydrogens (tertiary/aromatic N) is 1. The molecule has 41 heavy (non-hydrogen) atoms. The Balaban J connectivity index is 1.81. The predicted octanol–water partition coefficient (Wildman–Crippen LogP) is 7.29. The van der Waals surface area contributed by atoms with Crippen LogP contribution in [-0.2, 0) is 18.9 Å². The summed E-state index contributed by atoms with van der Waals surface area (Å²) < 4.78 is 22.3. The number of methoxy groups -OCH3 is 2. The third-order valence-electron chi connectivity index (χ3n) is 6.47. The fourth-order valence-electron chi connectivity index (χ4n) is 3.91. The average molecular weight is 643 g/mol. The first kappa shape index (κ1) is 33.0. The second kappa shape index (κ2) is 15.6. The Kier molecular flexibility index (Phi) is 12.6. The van der Waals surface area contributed by atoms with Crippen molar-refractivity contribution in [3.63, 3.8) is 0 Å². The summed E-state index contributed by atoms with van der Waals surface area (Å²) in [6.45, 7) is 4.34. The monoisotopic (exact) mass is 641 g/mol. The molecule has 0 aromatic heterocycles. The maximum atomic E-state index is 12.7. The van der Waals surface area contributed by atoms with Crippen LogP contribution >= 0.6 is 46.4 Å². The van der Waals surface area contributed by atoms with Gasteiger partial charge < -0.3 is 23.8 Å². The van der Waals surface area contributed by atoms with Crippen molar-refractivity contribution >= 4 is 64.0 Å². The van der Waals surface area contributed by atoms with E-state index in [1.165, 1.54) is 14.2 Å². The van der Waals surface area contributed by atoms with Crippen LogP contribution < -0.4 is 4.90 Å². The molecule has 220 valence electrons. The van der Waals surface area contributed by atoms with Gasteiger partial charge in [0, 0.05) is 33.0 Å². The molecule has 4 atom stereocenters. The summed E-state index contributed by atoms with van der Waals surface area (Å²) in [6, 6.07) is 18.9. The standard InChI is InChI=1S/C30H31Cl4NO6/c1-18-13-14-20(15-19(18)2)35(16-25(38-3)27(33)40-29(36)21-9-5-7-11-23(21)31)17-26(39-4)28(34)41-30(37)22-10-6-8-12-24(22)32/h5-15,25-28H,16-17H2,1-4H3. The summed E-state index contributed by atoms with van der Waals surface area (Å²) in [5.41, 5.74) is 1.01. The molecule has 3 aromatic carbocycles. The van der Waals surface area contributed by atoms with E-state index in [0.29, 0.717) is 0 Å². The van der Waals surface area contributed by atoms with Crippen molar-refractivity contribution in [3.05, 3.63) is 99.0 Å². The molecule has 0 saturated carbocycles. The van der Waals surface area contributed by atoms with Gasteiger partial charge in [0.15, 0.2) is 0 Å². The van der Waals surface area contributed by atoms with Crippen LogP contribution in [0.4, 0.5) is 5.69 Å². The third-order valence-corrected chi connectivity index (χ3v) is 7.87. The summed E-state index contributed by atoms with van der Waals surface area (Å²) in [5.74, 6) is -1.37. The SMILES string of the molecule is COC(CN(CC(OC)C(Cl)OC(=O)c1ccccc1Cl)c1ccc(C)c(C)c1)C(Cl)OC(=O)c1ccccc1Cl. The number of ether oxygens (including phenoxy) is 4. The lowest BCUT2D eigenvalue weighted by atomic mass is 10.1. The van der Waals surface area contributed by atoms with Gasteiger partial charge in [0.25, 0.3) is 0 Å². The molecule has 0 aliphatic heterocycles. The normalized spacial score (nSPS) is 14.0. The van der Waals surface area contributed by atoms with Crippen LogP contribution in [-0.4, -0.2) is 62.6 Å². The van der Waals surface area contributed by atoms with E-state index in [4.69, 9.17) is 65.4 Å². The second-order valence-electron chi connectivity index (χ2n) is 9.19. The van der Waals surface area contributed by atoms with Gasteiger partial charge in [-0.05, 0) is 61.4 Å². The van der Waals surface area contributed by atoms with Crippen LogP contribution in [0.3, 0.4) is 0 Å². The Morgan fingerprint density at radius 3 is 1.54 bits per heavy atom. The van der Waals surface area contributed by atoms with Crippen molar-refractivity contribution in [2.75, 3.05) is 32.2 Å². The van der Waals surface area contributed by atoms with E-state index >= 15 is 0 Å². The zero-order valence-electron chi connectivity index (χ0n) is 23.0. The van der Waals surface area contributed by atoms with Gasteiger partial charge in [-0.25, -0.2) is 9.59 Å². The molecule has 7 nitrogen and oxygen atoms in total. The zero-order valence-corrected chi connectivity index (χ0v) is 26.0. The number of carbonyl (C=O) groups is 2. The first-order chi connectivity index (χ1) is 19.5. The number of alkyl halides is 2. The van der Waals surface area contributed by atoms with Gasteiger partial charge in [0.1, 0.15) is 12.2 Å². The second-order valence-corrected chi connectivity index (χ2v) is 10.9. The molecule has 0 aliphatic rings. The molecule has 0 amide bonds. The van der Waals surface area contributed by atoms with Crippen LogP contribution in [0.5, 0.6) is 0 Å². The maximum Gasteiger partial charge on any atom is 0.341 e. The molecule has 0 bridgehead atoms. The van der Waals surface area contributed by atoms with Gasteiger partial charge in [0.05, 0.1) is 21.2 Å². The van der Waals surface area contributed by atoms with E-state index in [2.05, 4.69) is 0 Å². The van der Waals surface area contributed by atoms with Crippen molar-refractivity contribution in [2.45, 2.75) is 37.2 Å². The minimum atomic E-state index is -1.16. The lowest BCUT2D eigenvalue weighted by Gasteiger charge is -2.34. The lowest BCUT2D eigenvalue weighted by Crippen LogP contribution is -2.46. The number of aryl methyl sites for hydroxylation is 2. The van der Waals surface area contributed by atoms with Gasteiger partial charge in [0.2, 0.25) is 11.1 Å². The van der Waals surface area contributed by atoms with Crippen molar-refractivity contribution < 1.29 is 28.5 Å². The highest BCUT2D eigenvalue weighted by molar-refractivity contribution is 6.34. The molecule has 0 saturated heterocycles. The van der Waals surface area contributed by atoms with Crippen molar-refractivity contribution in [1.82, 2.24) is 0 Å². The summed E-state index contributed by atoms with van der Waals surface area (Å²) in [7, 11) is 2.93. The number of anilines is 1. The fourth-order valence-corrected chi connectivity index (χ4v) is 4.86. The smallest absolute Gasteiger partial charge is 0.341 e. The van der Waals surface area contributed by atoms with E-state index in [1.807, 2.05) is 36.9 Å². The summed E-state index contributed by atoms with van der Waals surface area (Å²) in [4.78, 5) is 27.4. The molecule has 3 rings (SSSR count). The number of esters is 2. The Bertz CT molecular complexity index is 1260. The number of rotatable bonds is 13. The lowest BCUT2D eigenvalue weighted by molar-refractivity contribution is -0.00939. The Morgan fingerprint density at radius 2 is 1.15 bits per heavy atom. The van der Waals surface area contributed by atoms with Gasteiger partial charge in [-0.2, -0.15) is 0 Å². The molecule has 4 unspecified atom stereocenters. The first-order valence-corrected chi connectivity index (χ1v) is 14.3. The van der Waals surface area contributed by atoms with Crippen molar-refractivity contribution in [3.8, 4) is 0 Å². The largest absolute Gasteiger partial charge is 0.439 e. The molecule has 0 N–H and O–H groups in total. The number of hydrogen-bond donors (Lipinski definition) is 0. The number of halogens is 4. The molecule has 0 radical (unpaired) electrons. The fraction of sp³-hybridized carbons (Fsp3) is 0.333. The zero-order chi connectivity index (χ0) is 30.1. The number of carbonyl (C=O) groups excluding carboxylic acids is 2. The summed E-state index contributed by atoms with van der Waals surface area (Å²) >= 11 is 25.4. The number of benzene rings is 3. The van der Waals surface area contributed by atoms with Crippen molar-refractivity contribution in [2.24, 2.45) is 0 Å². The van der Waals surface area contributed by atoms with Crippen LogP contribution in [0.2, 0.25) is 10.0 Å². The van der Waals surface area contributed by atoms with Crippen molar-refractivity contribution in [1.29, 1.82) is 0 Å². The van der Waals surface area contributed by atoms with Gasteiger partial charge >= 0.3 is 11.9 Å². The quantitative estimate of drug-likeness (QED) is 0.143. The molecular formula is C30H31Cl4NO6. The highest BCUT2D eigenvalue weighted by atomic mass is 35.5. The summed E-state index contributed by atoms with van der Waals surface area (Å²) in [6.07, 6.45) is -1.55. The molecule has 0 fully saturated rings. The molecular weight excluding hydrogens is 612 g/mol. The molecule has 3 aromatic rings. The van der Waals surface area contributed by atoms with Gasteiger partial charge in [-0.1, -0.05) is 76.7 Å². The van der Waals surface area contributed by atoms with Crippen LogP contribution in [0.25, 0.3) is 0 Å². The highest BCUT2D eigenvalue weighted by Crippen LogP contribution is 2.25. The van der Waals surface area contributed by atoms with E-state index in [0.717, 1.165) is 16.8 Å². The first-order valence-electron chi connectivity index (χ1n) is 12.6. The minimum absolute atomic E-state index is 0.172. The number of hydrogen-bond acceptors (Lipinski definition) is 7. The molecule has 0 aliphatic carbocycles. The van der Waals surface area contributed by atoms with E-state index in [1.54, 1.807) is 48.5 Å². The minimum Gasteiger partial charge on any atom is -0.439 e. The average Bonchev–Trinajstić information content (AvgIpc) is 2.95. The summed E-state index contributed by atoms with van der Waals surface area (Å²) in [5, 5.41) is 0.490. The molecule has 0 heterocycles. The van der Waals surface area contributed by atoms with E-state index in [-0.39, 0.29) is 34.3 Å². The maximum absolute atomic E-state index is 12.7. The third kappa shape index (κ3) is 8.98. The Morgan fingerprint density at radius 1 is 0.707 bits per heavy atom. The van der Waals surface area contributed by atoms with Gasteiger partial charge in [-0.3, -0.25) is 0 Å². The molecule has 0 spiro atoms. The Hall–Kier alpha value is -2.52. The predicted molar refractivity (Wildman–Crippen MR) is 163 cm³/mol. The Labute approximate surface area is 260 Å². The van der Waals surface area contributed by atoms with Gasteiger partial charge in [-0.15, -0.1) is 0 Å². The van der Waals surface area contributed by atoms with E-state index in [9.17, 15) is 9.59 Å². The van der Waals surface area contributed by atoms with E-state index < -0.39 is 35.3 Å².